The molecule has 1 amide bonds. The molecule has 4 rings (SSSR count). The van der Waals surface area contributed by atoms with E-state index in [2.05, 4.69) is 26.2 Å². The minimum Gasteiger partial charge on any atom is -0.497 e. The van der Waals surface area contributed by atoms with Gasteiger partial charge in [-0.3, -0.25) is 14.6 Å². The molecule has 2 aliphatic rings. The predicted octanol–water partition coefficient (Wildman–Crippen LogP) is 1.92. The number of hydrogen-bond acceptors (Lipinski definition) is 8. The zero-order valence-corrected chi connectivity index (χ0v) is 18.8. The van der Waals surface area contributed by atoms with Gasteiger partial charge in [0.2, 0.25) is 5.89 Å². The van der Waals surface area contributed by atoms with Crippen LogP contribution in [-0.2, 0) is 17.8 Å². The predicted molar refractivity (Wildman–Crippen MR) is 118 cm³/mol. The fourth-order valence-electron chi connectivity index (χ4n) is 4.11. The van der Waals surface area contributed by atoms with Crippen LogP contribution in [0.2, 0.25) is 0 Å². The summed E-state index contributed by atoms with van der Waals surface area (Å²) >= 11 is 0. The lowest BCUT2D eigenvalue weighted by Gasteiger charge is -2.34. The molecule has 2 aliphatic heterocycles. The lowest BCUT2D eigenvalue weighted by atomic mass is 10.1. The van der Waals surface area contributed by atoms with Gasteiger partial charge in [-0.2, -0.15) is 0 Å². The van der Waals surface area contributed by atoms with Crippen molar-refractivity contribution < 1.29 is 23.4 Å². The van der Waals surface area contributed by atoms with Gasteiger partial charge in [-0.05, 0) is 18.9 Å². The topological polar surface area (TPSA) is 89.3 Å². The number of carbonyl (C=O) groups is 1. The maximum absolute atomic E-state index is 12.3. The number of amides is 1. The molecule has 0 bridgehead atoms. The number of benzene rings is 1. The van der Waals surface area contributed by atoms with Gasteiger partial charge in [0.1, 0.15) is 17.8 Å². The van der Waals surface area contributed by atoms with Crippen molar-refractivity contribution in [1.82, 2.24) is 20.1 Å². The second-order valence-corrected chi connectivity index (χ2v) is 8.20. The Hall–Kier alpha value is -2.62. The van der Waals surface area contributed by atoms with E-state index in [0.29, 0.717) is 24.7 Å². The van der Waals surface area contributed by atoms with E-state index in [-0.39, 0.29) is 12.0 Å². The van der Waals surface area contributed by atoms with Crippen LogP contribution in [0.5, 0.6) is 11.5 Å². The van der Waals surface area contributed by atoms with Crippen LogP contribution < -0.4 is 14.8 Å². The molecular weight excluding hydrogens is 412 g/mol. The van der Waals surface area contributed by atoms with E-state index in [9.17, 15) is 4.79 Å². The van der Waals surface area contributed by atoms with Crippen molar-refractivity contribution in [3.63, 3.8) is 0 Å². The lowest BCUT2D eigenvalue weighted by Crippen LogP contribution is -2.45. The van der Waals surface area contributed by atoms with Gasteiger partial charge in [0.05, 0.1) is 26.9 Å². The molecule has 174 valence electrons. The maximum atomic E-state index is 12.3. The molecule has 2 aromatic rings. The number of nitrogens with one attached hydrogen (secondary N) is 1. The number of piperazine rings is 1. The zero-order valence-electron chi connectivity index (χ0n) is 18.8. The monoisotopic (exact) mass is 444 g/mol. The van der Waals surface area contributed by atoms with Crippen molar-refractivity contribution in [2.75, 3.05) is 53.6 Å². The van der Waals surface area contributed by atoms with Crippen LogP contribution in [0.1, 0.15) is 34.8 Å². The molecule has 1 N–H and O–H groups in total. The molecule has 3 heterocycles. The number of aromatic nitrogens is 1. The van der Waals surface area contributed by atoms with Gasteiger partial charge >= 0.3 is 0 Å². The number of rotatable bonds is 9. The Morgan fingerprint density at radius 1 is 1.16 bits per heavy atom. The molecule has 0 radical (unpaired) electrons. The van der Waals surface area contributed by atoms with Crippen molar-refractivity contribution in [1.29, 1.82) is 0 Å². The molecule has 1 unspecified atom stereocenters. The van der Waals surface area contributed by atoms with Crippen LogP contribution in [0.3, 0.4) is 0 Å². The number of nitrogens with zero attached hydrogens (tertiary/aromatic N) is 3. The van der Waals surface area contributed by atoms with E-state index in [4.69, 9.17) is 18.6 Å². The Morgan fingerprint density at radius 3 is 2.62 bits per heavy atom. The summed E-state index contributed by atoms with van der Waals surface area (Å²) in [6.07, 6.45) is 3.59. The van der Waals surface area contributed by atoms with Crippen LogP contribution in [-0.4, -0.2) is 80.3 Å². The first-order chi connectivity index (χ1) is 15.6. The molecular formula is C23H32N4O5. The van der Waals surface area contributed by atoms with Gasteiger partial charge < -0.3 is 23.9 Å². The fraction of sp³-hybridized carbons (Fsp3) is 0.565. The van der Waals surface area contributed by atoms with E-state index < -0.39 is 0 Å². The molecule has 1 aromatic heterocycles. The van der Waals surface area contributed by atoms with Crippen LogP contribution in [0.4, 0.5) is 0 Å². The van der Waals surface area contributed by atoms with Gasteiger partial charge in [0.15, 0.2) is 5.69 Å². The second kappa shape index (κ2) is 10.8. The molecule has 2 saturated heterocycles. The van der Waals surface area contributed by atoms with Crippen LogP contribution in [0.25, 0.3) is 0 Å². The van der Waals surface area contributed by atoms with Crippen molar-refractivity contribution >= 4 is 5.91 Å². The Morgan fingerprint density at radius 2 is 1.94 bits per heavy atom. The molecule has 0 spiro atoms. The summed E-state index contributed by atoms with van der Waals surface area (Å²) in [7, 11) is 3.34. The Labute approximate surface area is 188 Å². The number of ether oxygens (including phenoxy) is 3. The molecule has 9 heteroatoms. The third-order valence-electron chi connectivity index (χ3n) is 6.01. The van der Waals surface area contributed by atoms with Gasteiger partial charge in [0, 0.05) is 57.5 Å². The van der Waals surface area contributed by atoms with Crippen molar-refractivity contribution in [3.8, 4) is 11.5 Å². The van der Waals surface area contributed by atoms with Crippen LogP contribution >= 0.6 is 0 Å². The summed E-state index contributed by atoms with van der Waals surface area (Å²) in [5.41, 5.74) is 1.47. The molecule has 1 atom stereocenters. The maximum Gasteiger partial charge on any atom is 0.273 e. The van der Waals surface area contributed by atoms with Crippen molar-refractivity contribution in [3.05, 3.63) is 41.6 Å². The van der Waals surface area contributed by atoms with E-state index in [0.717, 1.165) is 69.2 Å². The van der Waals surface area contributed by atoms with Crippen molar-refractivity contribution in [2.45, 2.75) is 32.0 Å². The molecule has 0 aliphatic carbocycles. The average Bonchev–Trinajstić information content (AvgIpc) is 3.51. The summed E-state index contributed by atoms with van der Waals surface area (Å²) in [4.78, 5) is 21.4. The van der Waals surface area contributed by atoms with E-state index >= 15 is 0 Å². The van der Waals surface area contributed by atoms with Crippen molar-refractivity contribution in [2.24, 2.45) is 0 Å². The number of hydrogen-bond donors (Lipinski definition) is 1. The average molecular weight is 445 g/mol. The first-order valence-electron chi connectivity index (χ1n) is 11.1. The minimum absolute atomic E-state index is 0.111. The van der Waals surface area contributed by atoms with Crippen LogP contribution in [0, 0.1) is 0 Å². The second-order valence-electron chi connectivity index (χ2n) is 8.20. The third kappa shape index (κ3) is 5.79. The number of oxazole rings is 1. The summed E-state index contributed by atoms with van der Waals surface area (Å²) in [5, 5.41) is 2.88. The molecule has 1 aromatic carbocycles. The Balaban J connectivity index is 1.22. The summed E-state index contributed by atoms with van der Waals surface area (Å²) in [6, 6.07) is 5.94. The summed E-state index contributed by atoms with van der Waals surface area (Å²) < 4.78 is 21.9. The summed E-state index contributed by atoms with van der Waals surface area (Å²) in [5.74, 6) is 1.99. The highest BCUT2D eigenvalue weighted by molar-refractivity contribution is 5.91. The number of methoxy groups -OCH3 is 2. The van der Waals surface area contributed by atoms with Crippen LogP contribution in [0.15, 0.2) is 28.9 Å². The highest BCUT2D eigenvalue weighted by Gasteiger charge is 2.22. The zero-order chi connectivity index (χ0) is 22.3. The quantitative estimate of drug-likeness (QED) is 0.628. The minimum atomic E-state index is -0.214. The van der Waals surface area contributed by atoms with E-state index in [1.807, 2.05) is 12.1 Å². The highest BCUT2D eigenvalue weighted by atomic mass is 16.5. The molecule has 2 fully saturated rings. The molecule has 32 heavy (non-hydrogen) atoms. The van der Waals surface area contributed by atoms with Gasteiger partial charge in [-0.15, -0.1) is 0 Å². The smallest absolute Gasteiger partial charge is 0.273 e. The van der Waals surface area contributed by atoms with E-state index in [1.165, 1.54) is 6.26 Å². The first kappa shape index (κ1) is 22.6. The van der Waals surface area contributed by atoms with Gasteiger partial charge in [-0.25, -0.2) is 4.98 Å². The lowest BCUT2D eigenvalue weighted by molar-refractivity contribution is 0.0853. The van der Waals surface area contributed by atoms with Gasteiger partial charge in [0.25, 0.3) is 5.91 Å². The highest BCUT2D eigenvalue weighted by Crippen LogP contribution is 2.26. The largest absolute Gasteiger partial charge is 0.497 e. The SMILES string of the molecule is COc1ccc(CN2CCN(Cc3nc(C(=O)NCC4CCCO4)co3)CC2)c(OC)c1. The third-order valence-corrected chi connectivity index (χ3v) is 6.01. The standard InChI is InChI=1S/C23H32N4O5/c1-29-18-6-5-17(21(12-18)30-2)14-26-7-9-27(10-8-26)15-22-25-20(16-32-22)23(28)24-13-19-4-3-11-31-19/h5-6,12,16,19H,3-4,7-11,13-15H2,1-2H3,(H,24,28). The number of carbonyl (C=O) groups excluding carboxylic acids is 1. The fourth-order valence-corrected chi connectivity index (χ4v) is 4.11. The van der Waals surface area contributed by atoms with Gasteiger partial charge in [-0.1, -0.05) is 6.07 Å². The molecule has 9 nitrogen and oxygen atoms in total. The normalized spacial score (nSPS) is 19.8. The Kier molecular flexibility index (Phi) is 7.62. The van der Waals surface area contributed by atoms with E-state index in [1.54, 1.807) is 14.2 Å². The first-order valence-corrected chi connectivity index (χ1v) is 11.1. The summed E-state index contributed by atoms with van der Waals surface area (Å²) in [6.45, 7) is 6.39. The molecule has 0 saturated carbocycles. The Bertz CT molecular complexity index is 888.